The first kappa shape index (κ1) is 19.1. The van der Waals surface area contributed by atoms with E-state index in [0.717, 1.165) is 43.4 Å². The highest BCUT2D eigenvalue weighted by Gasteiger charge is 2.37. The lowest BCUT2D eigenvalue weighted by atomic mass is 9.68. The lowest BCUT2D eigenvalue weighted by Crippen LogP contribution is -2.33. The van der Waals surface area contributed by atoms with Crippen molar-refractivity contribution in [3.63, 3.8) is 0 Å². The van der Waals surface area contributed by atoms with E-state index in [1.54, 1.807) is 6.08 Å². The number of allylic oxidation sites excluding steroid dienone is 3. The Morgan fingerprint density at radius 2 is 1.92 bits per heavy atom. The Bertz CT molecular complexity index is 620. The van der Waals surface area contributed by atoms with Crippen LogP contribution in [0.1, 0.15) is 46.5 Å². The van der Waals surface area contributed by atoms with Crippen LogP contribution < -0.4 is 0 Å². The van der Waals surface area contributed by atoms with E-state index in [4.69, 9.17) is 9.57 Å². The standard InChI is InChI=1S/C19H31NO4S/c1-19(2,3)18-6-5-17(25(21,22)20-9-4-10-24-20)14-16(18)13-15-7-11-23-12-8-15/h5-6,14-16,18H,4,7-13H2,1-3H3. The largest absolute Gasteiger partial charge is 0.381 e. The molecule has 3 rings (SSSR count). The van der Waals surface area contributed by atoms with Gasteiger partial charge in [-0.15, -0.1) is 0 Å². The summed E-state index contributed by atoms with van der Waals surface area (Å²) < 4.78 is 32.3. The minimum Gasteiger partial charge on any atom is -0.381 e. The molecule has 0 bridgehead atoms. The van der Waals surface area contributed by atoms with Crippen LogP contribution in [0.25, 0.3) is 0 Å². The Labute approximate surface area is 152 Å². The quantitative estimate of drug-likeness (QED) is 0.761. The van der Waals surface area contributed by atoms with Gasteiger partial charge in [-0.25, -0.2) is 8.42 Å². The van der Waals surface area contributed by atoms with Gasteiger partial charge in [-0.3, -0.25) is 4.84 Å². The zero-order valence-electron chi connectivity index (χ0n) is 15.6. The number of hydrogen-bond donors (Lipinski definition) is 0. The highest BCUT2D eigenvalue weighted by atomic mass is 32.2. The lowest BCUT2D eigenvalue weighted by molar-refractivity contribution is -0.0274. The summed E-state index contributed by atoms with van der Waals surface area (Å²) in [5.74, 6) is 1.19. The van der Waals surface area contributed by atoms with E-state index in [0.29, 0.717) is 29.9 Å². The predicted octanol–water partition coefficient (Wildman–Crippen LogP) is 3.50. The van der Waals surface area contributed by atoms with Crippen LogP contribution in [0.3, 0.4) is 0 Å². The molecule has 0 amide bonds. The molecule has 5 nitrogen and oxygen atoms in total. The number of rotatable bonds is 4. The number of sulfonamides is 1. The molecular formula is C19H31NO4S. The summed E-state index contributed by atoms with van der Waals surface area (Å²) in [5, 5.41) is 0. The SMILES string of the molecule is CC(C)(C)C1C=CC(S(=O)(=O)N2CCCO2)=CC1CC1CCOCC1. The van der Waals surface area contributed by atoms with Gasteiger partial charge in [0.05, 0.1) is 11.5 Å². The van der Waals surface area contributed by atoms with Crippen LogP contribution in [0.2, 0.25) is 0 Å². The molecule has 2 atom stereocenters. The molecule has 0 aromatic rings. The molecule has 0 N–H and O–H groups in total. The molecule has 2 saturated heterocycles. The van der Waals surface area contributed by atoms with Crippen molar-refractivity contribution in [3.05, 3.63) is 23.1 Å². The van der Waals surface area contributed by atoms with E-state index in [9.17, 15) is 8.42 Å². The molecule has 0 saturated carbocycles. The first-order valence-electron chi connectivity index (χ1n) is 9.42. The minimum absolute atomic E-state index is 0.0995. The van der Waals surface area contributed by atoms with Crippen LogP contribution in [-0.2, 0) is 19.6 Å². The monoisotopic (exact) mass is 369 g/mol. The summed E-state index contributed by atoms with van der Waals surface area (Å²) in [4.78, 5) is 5.70. The number of hydroxylamine groups is 1. The van der Waals surface area contributed by atoms with Gasteiger partial charge in [0.15, 0.2) is 0 Å². The zero-order chi connectivity index (χ0) is 18.1. The third kappa shape index (κ3) is 4.35. The van der Waals surface area contributed by atoms with Crippen molar-refractivity contribution < 1.29 is 18.0 Å². The molecule has 2 heterocycles. The molecule has 3 aliphatic rings. The van der Waals surface area contributed by atoms with Gasteiger partial charge in [0.1, 0.15) is 0 Å². The van der Waals surface area contributed by atoms with Crippen LogP contribution in [0, 0.1) is 23.2 Å². The maximum atomic E-state index is 12.8. The highest BCUT2D eigenvalue weighted by Crippen LogP contribution is 2.42. The molecule has 25 heavy (non-hydrogen) atoms. The number of hydrogen-bond acceptors (Lipinski definition) is 4. The van der Waals surface area contributed by atoms with Gasteiger partial charge in [0.25, 0.3) is 10.0 Å². The fraction of sp³-hybridized carbons (Fsp3) is 0.789. The van der Waals surface area contributed by atoms with Crippen molar-refractivity contribution in [2.75, 3.05) is 26.4 Å². The summed E-state index contributed by atoms with van der Waals surface area (Å²) in [6.07, 6.45) is 9.80. The molecule has 2 aliphatic heterocycles. The Morgan fingerprint density at radius 1 is 1.20 bits per heavy atom. The molecule has 2 fully saturated rings. The van der Waals surface area contributed by atoms with Gasteiger partial charge in [-0.1, -0.05) is 37.4 Å². The molecule has 0 radical (unpaired) electrons. The molecule has 1 aliphatic carbocycles. The Balaban J connectivity index is 1.83. The van der Waals surface area contributed by atoms with E-state index in [1.807, 2.05) is 6.08 Å². The number of ether oxygens (including phenoxy) is 1. The van der Waals surface area contributed by atoms with Gasteiger partial charge >= 0.3 is 0 Å². The van der Waals surface area contributed by atoms with Crippen molar-refractivity contribution >= 4 is 10.0 Å². The second-order valence-electron chi connectivity index (χ2n) is 8.49. The van der Waals surface area contributed by atoms with Crippen LogP contribution in [-0.4, -0.2) is 39.3 Å². The highest BCUT2D eigenvalue weighted by molar-refractivity contribution is 7.93. The average molecular weight is 370 g/mol. The Morgan fingerprint density at radius 3 is 2.52 bits per heavy atom. The molecular weight excluding hydrogens is 338 g/mol. The maximum absolute atomic E-state index is 12.8. The molecule has 0 aromatic heterocycles. The Kier molecular flexibility index (Phi) is 5.73. The second kappa shape index (κ2) is 7.51. The van der Waals surface area contributed by atoms with Crippen molar-refractivity contribution in [1.82, 2.24) is 4.47 Å². The topological polar surface area (TPSA) is 55.8 Å². The van der Waals surface area contributed by atoms with Crippen molar-refractivity contribution in [1.29, 1.82) is 0 Å². The van der Waals surface area contributed by atoms with E-state index < -0.39 is 10.0 Å². The summed E-state index contributed by atoms with van der Waals surface area (Å²) in [7, 11) is -3.54. The fourth-order valence-corrected chi connectivity index (χ4v) is 5.54. The van der Waals surface area contributed by atoms with Crippen LogP contribution in [0.5, 0.6) is 0 Å². The molecule has 6 heteroatoms. The van der Waals surface area contributed by atoms with E-state index >= 15 is 0 Å². The Hall–Kier alpha value is -0.690. The van der Waals surface area contributed by atoms with Crippen LogP contribution in [0.4, 0.5) is 0 Å². The fourth-order valence-electron chi connectivity index (χ4n) is 4.13. The molecule has 2 unspecified atom stereocenters. The predicted molar refractivity (Wildman–Crippen MR) is 98.0 cm³/mol. The van der Waals surface area contributed by atoms with Crippen LogP contribution >= 0.6 is 0 Å². The van der Waals surface area contributed by atoms with E-state index in [-0.39, 0.29) is 11.3 Å². The summed E-state index contributed by atoms with van der Waals surface area (Å²) in [5.41, 5.74) is 0.0995. The first-order chi connectivity index (χ1) is 11.8. The van der Waals surface area contributed by atoms with Gasteiger partial charge in [0, 0.05) is 19.8 Å². The zero-order valence-corrected chi connectivity index (χ0v) is 16.4. The van der Waals surface area contributed by atoms with Crippen molar-refractivity contribution in [2.45, 2.75) is 46.5 Å². The average Bonchev–Trinajstić information content (AvgIpc) is 3.10. The maximum Gasteiger partial charge on any atom is 0.264 e. The molecule has 0 aromatic carbocycles. The van der Waals surface area contributed by atoms with E-state index in [2.05, 4.69) is 26.8 Å². The molecule has 142 valence electrons. The third-order valence-corrected chi connectivity index (χ3v) is 7.23. The van der Waals surface area contributed by atoms with Gasteiger partial charge in [0.2, 0.25) is 0 Å². The number of nitrogens with zero attached hydrogens (tertiary/aromatic N) is 1. The van der Waals surface area contributed by atoms with Crippen molar-refractivity contribution in [3.8, 4) is 0 Å². The van der Waals surface area contributed by atoms with Crippen LogP contribution in [0.15, 0.2) is 23.1 Å². The first-order valence-corrected chi connectivity index (χ1v) is 10.9. The third-order valence-electron chi connectivity index (χ3n) is 5.54. The van der Waals surface area contributed by atoms with E-state index in [1.165, 1.54) is 0 Å². The summed E-state index contributed by atoms with van der Waals surface area (Å²) in [6, 6.07) is 0. The minimum atomic E-state index is -3.54. The normalized spacial score (nSPS) is 29.8. The second-order valence-corrected chi connectivity index (χ2v) is 10.3. The van der Waals surface area contributed by atoms with Crippen molar-refractivity contribution in [2.24, 2.45) is 23.2 Å². The van der Waals surface area contributed by atoms with Gasteiger partial charge < -0.3 is 4.74 Å². The molecule has 0 spiro atoms. The van der Waals surface area contributed by atoms with Gasteiger partial charge in [-0.05, 0) is 54.9 Å². The lowest BCUT2D eigenvalue weighted by Gasteiger charge is -2.38. The summed E-state index contributed by atoms with van der Waals surface area (Å²) in [6.45, 7) is 9.27. The smallest absolute Gasteiger partial charge is 0.264 e. The summed E-state index contributed by atoms with van der Waals surface area (Å²) >= 11 is 0. The van der Waals surface area contributed by atoms with Gasteiger partial charge in [-0.2, -0.15) is 0 Å².